The maximum Gasteiger partial charge on any atom is 0.303 e. The zero-order chi connectivity index (χ0) is 25.7. The van der Waals surface area contributed by atoms with Gasteiger partial charge in [-0.3, -0.25) is 14.4 Å². The molecule has 0 bridgehead atoms. The minimum atomic E-state index is -1.11. The van der Waals surface area contributed by atoms with Gasteiger partial charge in [-0.25, -0.2) is 0 Å². The van der Waals surface area contributed by atoms with Crippen molar-refractivity contribution < 1.29 is 38.8 Å². The van der Waals surface area contributed by atoms with Crippen LogP contribution in [-0.2, 0) is 35.0 Å². The van der Waals surface area contributed by atoms with E-state index in [0.29, 0.717) is 17.0 Å². The number of phenolic OH excluding ortho intramolecular Hbond substituents is 1. The average molecular weight is 523 g/mol. The van der Waals surface area contributed by atoms with E-state index in [1.54, 1.807) is 42.7 Å². The van der Waals surface area contributed by atoms with Gasteiger partial charge in [0.15, 0.2) is 6.10 Å². The molecule has 0 unspecified atom stereocenters. The summed E-state index contributed by atoms with van der Waals surface area (Å²) < 4.78 is 17.3. The second kappa shape index (κ2) is 11.8. The minimum Gasteiger partial charge on any atom is -0.508 e. The van der Waals surface area contributed by atoms with E-state index < -0.39 is 47.6 Å². The fourth-order valence-electron chi connectivity index (χ4n) is 4.24. The largest absolute Gasteiger partial charge is 0.508 e. The summed E-state index contributed by atoms with van der Waals surface area (Å²) in [6.45, 7) is 2.45. The number of ether oxygens (including phenoxy) is 3. The standard InChI is InChI=1S/C25H27ClO8S/c1-13(27)32-23-19(12-21(30)31)22(34-25(35-3)24(23)33-14(2)28)16-6-9-20(26)17(11-16)10-15-4-7-18(29)8-5-15/h4-9,11,19,22-25,29H,10,12H2,1-3H3,(H,30,31)/t19-,22+,23+,24-,25-/m0/s1. The zero-order valence-electron chi connectivity index (χ0n) is 19.5. The topological polar surface area (TPSA) is 119 Å². The molecule has 0 radical (unpaired) electrons. The molecule has 1 aliphatic heterocycles. The van der Waals surface area contributed by atoms with Crippen LogP contribution in [0, 0.1) is 5.92 Å². The van der Waals surface area contributed by atoms with Crippen LogP contribution in [0.3, 0.4) is 0 Å². The molecule has 5 atom stereocenters. The number of carboxylic acid groups (broad SMARTS) is 1. The predicted octanol–water partition coefficient (Wildman–Crippen LogP) is 4.35. The summed E-state index contributed by atoms with van der Waals surface area (Å²) in [5.74, 6) is -2.99. The van der Waals surface area contributed by atoms with Crippen LogP contribution < -0.4 is 0 Å². The van der Waals surface area contributed by atoms with Gasteiger partial charge in [-0.2, -0.15) is 0 Å². The molecule has 10 heteroatoms. The average Bonchev–Trinajstić information content (AvgIpc) is 2.78. The Labute approximate surface area is 212 Å². The molecule has 1 heterocycles. The highest BCUT2D eigenvalue weighted by Crippen LogP contribution is 2.44. The number of aliphatic carboxylic acids is 1. The SMILES string of the molecule is CS[C@@H]1O[C@H](c2ccc(Cl)c(Cc3ccc(O)cc3)c2)[C@H](CC(=O)O)[C@@H](OC(C)=O)[C@@H]1OC(C)=O. The predicted molar refractivity (Wildman–Crippen MR) is 130 cm³/mol. The normalized spacial score (nSPS) is 23.9. The first kappa shape index (κ1) is 26.8. The van der Waals surface area contributed by atoms with E-state index in [0.717, 1.165) is 11.1 Å². The molecule has 1 saturated heterocycles. The lowest BCUT2D eigenvalue weighted by Crippen LogP contribution is -2.54. The molecule has 0 amide bonds. The highest BCUT2D eigenvalue weighted by molar-refractivity contribution is 7.99. The van der Waals surface area contributed by atoms with Crippen LogP contribution in [0.1, 0.15) is 43.1 Å². The van der Waals surface area contributed by atoms with Crippen LogP contribution in [0.2, 0.25) is 5.02 Å². The molecule has 2 aromatic rings. The smallest absolute Gasteiger partial charge is 0.303 e. The van der Waals surface area contributed by atoms with Crippen LogP contribution in [0.4, 0.5) is 0 Å². The van der Waals surface area contributed by atoms with E-state index in [9.17, 15) is 24.6 Å². The maximum absolute atomic E-state index is 11.9. The van der Waals surface area contributed by atoms with Gasteiger partial charge < -0.3 is 24.4 Å². The number of carboxylic acids is 1. The van der Waals surface area contributed by atoms with Crippen molar-refractivity contribution in [3.8, 4) is 5.75 Å². The van der Waals surface area contributed by atoms with Gasteiger partial charge in [0.1, 0.15) is 17.3 Å². The summed E-state index contributed by atoms with van der Waals surface area (Å²) in [6.07, 6.45) is -0.916. The second-order valence-electron chi connectivity index (χ2n) is 8.26. The van der Waals surface area contributed by atoms with Crippen molar-refractivity contribution in [2.24, 2.45) is 5.92 Å². The monoisotopic (exact) mass is 522 g/mol. The Bertz CT molecular complexity index is 1070. The van der Waals surface area contributed by atoms with Gasteiger partial charge in [0.25, 0.3) is 0 Å². The van der Waals surface area contributed by atoms with E-state index >= 15 is 0 Å². The van der Waals surface area contributed by atoms with Gasteiger partial charge in [0.2, 0.25) is 0 Å². The quantitative estimate of drug-likeness (QED) is 0.487. The van der Waals surface area contributed by atoms with Gasteiger partial charge in [0, 0.05) is 24.8 Å². The Morgan fingerprint density at radius 3 is 2.23 bits per heavy atom. The number of carbonyl (C=O) groups is 3. The Balaban J connectivity index is 2.03. The van der Waals surface area contributed by atoms with Gasteiger partial charge in [0.05, 0.1) is 12.5 Å². The molecule has 35 heavy (non-hydrogen) atoms. The fraction of sp³-hybridized carbons (Fsp3) is 0.400. The molecule has 188 valence electrons. The molecule has 8 nitrogen and oxygen atoms in total. The summed E-state index contributed by atoms with van der Waals surface area (Å²) in [4.78, 5) is 35.5. The third kappa shape index (κ3) is 6.90. The molecule has 2 N–H and O–H groups in total. The summed E-state index contributed by atoms with van der Waals surface area (Å²) in [5, 5.41) is 19.7. The molecule has 0 spiro atoms. The van der Waals surface area contributed by atoms with Gasteiger partial charge in [-0.1, -0.05) is 35.9 Å². The summed E-state index contributed by atoms with van der Waals surface area (Å²) in [6, 6.07) is 12.0. The van der Waals surface area contributed by atoms with Crippen LogP contribution in [0.5, 0.6) is 5.75 Å². The van der Waals surface area contributed by atoms with Gasteiger partial charge in [-0.05, 0) is 47.6 Å². The second-order valence-corrected chi connectivity index (χ2v) is 9.61. The number of hydrogen-bond acceptors (Lipinski definition) is 8. The van der Waals surface area contributed by atoms with E-state index in [1.807, 2.05) is 6.07 Å². The Morgan fingerprint density at radius 1 is 1.03 bits per heavy atom. The molecule has 1 fully saturated rings. The first-order valence-electron chi connectivity index (χ1n) is 10.9. The van der Waals surface area contributed by atoms with Crippen LogP contribution in [0.25, 0.3) is 0 Å². The summed E-state index contributed by atoms with van der Waals surface area (Å²) in [5.41, 5.74) is 1.66. The highest BCUT2D eigenvalue weighted by atomic mass is 35.5. The van der Waals surface area contributed by atoms with E-state index in [4.69, 9.17) is 25.8 Å². The maximum atomic E-state index is 11.9. The molecule has 0 aromatic heterocycles. The first-order chi connectivity index (χ1) is 16.6. The minimum absolute atomic E-state index is 0.155. The van der Waals surface area contributed by atoms with E-state index in [2.05, 4.69) is 0 Å². The lowest BCUT2D eigenvalue weighted by atomic mass is 9.82. The summed E-state index contributed by atoms with van der Waals surface area (Å²) in [7, 11) is 0. The molecule has 2 aromatic carbocycles. The van der Waals surface area contributed by atoms with E-state index in [1.165, 1.54) is 25.6 Å². The number of halogens is 1. The van der Waals surface area contributed by atoms with Crippen LogP contribution in [0.15, 0.2) is 42.5 Å². The number of benzene rings is 2. The number of carbonyl (C=O) groups excluding carboxylic acids is 2. The summed E-state index contributed by atoms with van der Waals surface area (Å²) >= 11 is 7.73. The van der Waals surface area contributed by atoms with Crippen LogP contribution in [-0.4, -0.2) is 52.0 Å². The number of hydrogen-bond donors (Lipinski definition) is 2. The van der Waals surface area contributed by atoms with Crippen molar-refractivity contribution in [3.05, 3.63) is 64.2 Å². The van der Waals surface area contributed by atoms with Gasteiger partial charge >= 0.3 is 17.9 Å². The Morgan fingerprint density at radius 2 is 1.66 bits per heavy atom. The van der Waals surface area contributed by atoms with Gasteiger partial charge in [-0.15, -0.1) is 11.8 Å². The van der Waals surface area contributed by atoms with Crippen molar-refractivity contribution in [3.63, 3.8) is 0 Å². The number of esters is 2. The van der Waals surface area contributed by atoms with Crippen molar-refractivity contribution in [1.29, 1.82) is 0 Å². The number of thioether (sulfide) groups is 1. The van der Waals surface area contributed by atoms with Crippen molar-refractivity contribution >= 4 is 41.3 Å². The lowest BCUT2D eigenvalue weighted by molar-refractivity contribution is -0.212. The fourth-order valence-corrected chi connectivity index (χ4v) is 5.13. The number of aromatic hydroxyl groups is 1. The Hall–Kier alpha value is -2.75. The lowest BCUT2D eigenvalue weighted by Gasteiger charge is -2.45. The number of phenols is 1. The third-order valence-corrected chi connectivity index (χ3v) is 6.87. The first-order valence-corrected chi connectivity index (χ1v) is 12.6. The van der Waals surface area contributed by atoms with Crippen LogP contribution >= 0.6 is 23.4 Å². The number of rotatable bonds is 8. The zero-order valence-corrected chi connectivity index (χ0v) is 21.0. The molecule has 1 aliphatic rings. The highest BCUT2D eigenvalue weighted by Gasteiger charge is 2.50. The van der Waals surface area contributed by atoms with E-state index in [-0.39, 0.29) is 12.2 Å². The van der Waals surface area contributed by atoms with Crippen molar-refractivity contribution in [1.82, 2.24) is 0 Å². The molecular formula is C25H27ClO8S. The van der Waals surface area contributed by atoms with Crippen molar-refractivity contribution in [2.45, 2.75) is 50.4 Å². The molecule has 3 rings (SSSR count). The van der Waals surface area contributed by atoms with Crippen molar-refractivity contribution in [2.75, 3.05) is 6.26 Å². The third-order valence-electron chi connectivity index (χ3n) is 5.66. The molecule has 0 aliphatic carbocycles. The molecule has 0 saturated carbocycles. The molecular weight excluding hydrogens is 496 g/mol. The Kier molecular flexibility index (Phi) is 9.04.